The molecule has 4 aliphatic heterocycles. The second kappa shape index (κ2) is 9.63. The second-order valence-electron chi connectivity index (χ2n) is 18.5. The first-order valence-corrected chi connectivity index (χ1v) is 18.3. The number of epoxide rings is 1. The van der Waals surface area contributed by atoms with E-state index in [-0.39, 0.29) is 75.9 Å². The summed E-state index contributed by atoms with van der Waals surface area (Å²) in [5.41, 5.74) is -0.191. The number of carbonyl (C=O) groups excluding carboxylic acids is 1. The monoisotopic (exact) mass is 674 g/mol. The standard InChI is InChI=1S/C37H54O11/c1-17-12-37(29-34(7,47-29)30(42)48-37)46-20-13-32(5)22-9-8-21-31(3,4)23(45-28-27(41)26(40)19(39)15-43-28)10-11-35(21)16-36(22,35)14-24(44-18(2)38)33(32,6)25(17)20/h9,17,19-21,23-30,39-42H,8,10-16H2,1-7H3/t17-,19-,20+,21+,23+,24-,25+,26?,27?,28+,29?,30?,32+,33-,34?,35-,36+,37?/m1/s1. The van der Waals surface area contributed by atoms with Crippen molar-refractivity contribution in [1.29, 1.82) is 0 Å². The lowest BCUT2D eigenvalue weighted by molar-refractivity contribution is -0.345. The second-order valence-corrected chi connectivity index (χ2v) is 18.5. The number of esters is 1. The Hall–Kier alpha value is -1.15. The van der Waals surface area contributed by atoms with Gasteiger partial charge in [-0.25, -0.2) is 0 Å². The zero-order valence-electron chi connectivity index (χ0n) is 29.3. The van der Waals surface area contributed by atoms with E-state index in [2.05, 4.69) is 40.7 Å². The molecule has 18 atom stereocenters. The van der Waals surface area contributed by atoms with Gasteiger partial charge in [-0.1, -0.05) is 46.3 Å². The van der Waals surface area contributed by atoms with Gasteiger partial charge in [-0.3, -0.25) is 4.79 Å². The van der Waals surface area contributed by atoms with Gasteiger partial charge in [-0.2, -0.15) is 0 Å². The molecule has 11 heteroatoms. The Labute approximate surface area is 282 Å². The number of fused-ring (bicyclic) bond motifs is 6. The molecule has 9 aliphatic rings. The van der Waals surface area contributed by atoms with Crippen LogP contribution >= 0.6 is 0 Å². The summed E-state index contributed by atoms with van der Waals surface area (Å²) in [4.78, 5) is 12.9. The van der Waals surface area contributed by atoms with Crippen LogP contribution in [0.2, 0.25) is 0 Å². The van der Waals surface area contributed by atoms with Gasteiger partial charge in [0, 0.05) is 29.6 Å². The molecule has 4 saturated heterocycles. The summed E-state index contributed by atoms with van der Waals surface area (Å²) in [7, 11) is 0. The van der Waals surface area contributed by atoms with E-state index in [4.69, 9.17) is 28.4 Å². The third-order valence-corrected chi connectivity index (χ3v) is 16.1. The Morgan fingerprint density at radius 2 is 1.71 bits per heavy atom. The van der Waals surface area contributed by atoms with Crippen LogP contribution < -0.4 is 0 Å². The Bertz CT molecular complexity index is 1450. The number of carbonyl (C=O) groups is 1. The van der Waals surface area contributed by atoms with Crippen LogP contribution in [0.3, 0.4) is 0 Å². The fourth-order valence-corrected chi connectivity index (χ4v) is 13.8. The van der Waals surface area contributed by atoms with Gasteiger partial charge in [0.25, 0.3) is 0 Å². The van der Waals surface area contributed by atoms with Crippen molar-refractivity contribution in [3.63, 3.8) is 0 Å². The van der Waals surface area contributed by atoms with Gasteiger partial charge < -0.3 is 48.8 Å². The zero-order chi connectivity index (χ0) is 34.2. The lowest BCUT2D eigenvalue weighted by atomic mass is 9.44. The molecular formula is C37H54O11. The normalized spacial score (nSPS) is 61.6. The number of hydrogen-bond donors (Lipinski definition) is 4. The quantitative estimate of drug-likeness (QED) is 0.198. The smallest absolute Gasteiger partial charge is 0.302 e. The van der Waals surface area contributed by atoms with E-state index in [0.29, 0.717) is 12.3 Å². The van der Waals surface area contributed by atoms with Gasteiger partial charge in [0.1, 0.15) is 36.1 Å². The van der Waals surface area contributed by atoms with Crippen LogP contribution in [0.25, 0.3) is 0 Å². The number of aliphatic hydroxyl groups excluding tert-OH is 4. The van der Waals surface area contributed by atoms with Crippen molar-refractivity contribution in [3.8, 4) is 0 Å². The van der Waals surface area contributed by atoms with Crippen LogP contribution in [0.15, 0.2) is 11.6 Å². The molecule has 6 unspecified atom stereocenters. The van der Waals surface area contributed by atoms with Crippen LogP contribution in [-0.2, 0) is 33.2 Å². The van der Waals surface area contributed by atoms with E-state index in [9.17, 15) is 25.2 Å². The van der Waals surface area contributed by atoms with E-state index < -0.39 is 42.3 Å². The fourth-order valence-electron chi connectivity index (χ4n) is 13.8. The SMILES string of the molecule is CC(=O)O[C@@H]1C[C@@]23C[C@@]24CC[C@H](O[C@@H]2OC[C@@H](O)C(O)C2O)C(C)(C)[C@@H]4CC=C3[C@]2(C)C[C@@H]3OC4(C[C@@H](C)[C@@H]3[C@@]12C)OC(O)C1(C)OC41. The molecule has 3 spiro atoms. The highest BCUT2D eigenvalue weighted by Gasteiger charge is 2.85. The minimum atomic E-state index is -1.32. The van der Waals surface area contributed by atoms with Crippen LogP contribution in [0, 0.1) is 44.8 Å². The summed E-state index contributed by atoms with van der Waals surface area (Å²) in [6.45, 7) is 14.9. The van der Waals surface area contributed by atoms with E-state index in [1.165, 1.54) is 12.5 Å². The molecule has 8 fully saturated rings. The summed E-state index contributed by atoms with van der Waals surface area (Å²) >= 11 is 0. The number of aliphatic hydroxyl groups is 4. The summed E-state index contributed by atoms with van der Waals surface area (Å²) < 4.78 is 37.8. The average Bonchev–Trinajstić information content (AvgIpc) is 3.84. The lowest BCUT2D eigenvalue weighted by Crippen LogP contribution is -2.61. The first-order valence-electron chi connectivity index (χ1n) is 18.3. The number of allylic oxidation sites excluding steroid dienone is 2. The van der Waals surface area contributed by atoms with Crippen molar-refractivity contribution in [2.45, 2.75) is 160 Å². The zero-order valence-corrected chi connectivity index (χ0v) is 29.3. The van der Waals surface area contributed by atoms with Crippen molar-refractivity contribution in [2.24, 2.45) is 44.8 Å². The number of ether oxygens (including phenoxy) is 6. The molecule has 0 aromatic rings. The molecule has 0 aromatic carbocycles. The molecule has 4 heterocycles. The van der Waals surface area contributed by atoms with Crippen molar-refractivity contribution >= 4 is 5.97 Å². The molecule has 11 nitrogen and oxygen atoms in total. The van der Waals surface area contributed by atoms with Crippen molar-refractivity contribution in [2.75, 3.05) is 6.61 Å². The third kappa shape index (κ3) is 3.69. The van der Waals surface area contributed by atoms with Crippen LogP contribution in [0.1, 0.15) is 93.4 Å². The molecule has 268 valence electrons. The van der Waals surface area contributed by atoms with Gasteiger partial charge >= 0.3 is 5.97 Å². The minimum absolute atomic E-state index is 0.0364. The average molecular weight is 675 g/mol. The summed E-state index contributed by atoms with van der Waals surface area (Å²) in [5, 5.41) is 41.7. The molecule has 48 heavy (non-hydrogen) atoms. The van der Waals surface area contributed by atoms with Crippen LogP contribution in [0.5, 0.6) is 0 Å². The molecule has 0 amide bonds. The Morgan fingerprint density at radius 3 is 2.38 bits per heavy atom. The van der Waals surface area contributed by atoms with Crippen LogP contribution in [-0.4, -0.2) is 99.7 Å². The van der Waals surface area contributed by atoms with Gasteiger partial charge in [0.05, 0.1) is 18.8 Å². The number of rotatable bonds is 3. The maximum atomic E-state index is 12.9. The number of hydrogen-bond acceptors (Lipinski definition) is 11. The van der Waals surface area contributed by atoms with Crippen molar-refractivity contribution < 1.29 is 53.6 Å². The van der Waals surface area contributed by atoms with Gasteiger partial charge in [0.2, 0.25) is 5.79 Å². The largest absolute Gasteiger partial charge is 0.462 e. The predicted octanol–water partition coefficient (Wildman–Crippen LogP) is 2.95. The molecule has 4 N–H and O–H groups in total. The maximum Gasteiger partial charge on any atom is 0.302 e. The molecule has 5 aliphatic carbocycles. The first kappa shape index (κ1) is 32.7. The topological polar surface area (TPSA) is 157 Å². The third-order valence-electron chi connectivity index (χ3n) is 16.1. The Morgan fingerprint density at radius 1 is 0.958 bits per heavy atom. The highest BCUT2D eigenvalue weighted by atomic mass is 16.8. The van der Waals surface area contributed by atoms with E-state index in [1.54, 1.807) is 0 Å². The molecule has 9 rings (SSSR count). The van der Waals surface area contributed by atoms with Crippen LogP contribution in [0.4, 0.5) is 0 Å². The van der Waals surface area contributed by atoms with E-state index in [0.717, 1.165) is 38.5 Å². The van der Waals surface area contributed by atoms with Gasteiger partial charge in [-0.05, 0) is 74.0 Å². The summed E-state index contributed by atoms with van der Waals surface area (Å²) in [6.07, 6.45) is 1.68. The lowest BCUT2D eigenvalue weighted by Gasteiger charge is -2.62. The molecule has 0 radical (unpaired) electrons. The van der Waals surface area contributed by atoms with Gasteiger partial charge in [-0.15, -0.1) is 0 Å². The van der Waals surface area contributed by atoms with Crippen molar-refractivity contribution in [3.05, 3.63) is 11.6 Å². The molecule has 4 saturated carbocycles. The molecular weight excluding hydrogens is 620 g/mol. The molecule has 0 bridgehead atoms. The highest BCUT2D eigenvalue weighted by Crippen LogP contribution is 2.88. The van der Waals surface area contributed by atoms with Crippen molar-refractivity contribution in [1.82, 2.24) is 0 Å². The van der Waals surface area contributed by atoms with Gasteiger partial charge in [0.15, 0.2) is 12.6 Å². The first-order chi connectivity index (χ1) is 22.4. The van der Waals surface area contributed by atoms with E-state index in [1.807, 2.05) is 6.92 Å². The molecule has 0 aromatic heterocycles. The predicted molar refractivity (Wildman–Crippen MR) is 168 cm³/mol. The van der Waals surface area contributed by atoms with E-state index >= 15 is 0 Å². The Balaban J connectivity index is 1.06. The Kier molecular flexibility index (Phi) is 6.57. The summed E-state index contributed by atoms with van der Waals surface area (Å²) in [5.74, 6) is -0.600. The highest BCUT2D eigenvalue weighted by molar-refractivity contribution is 5.66. The summed E-state index contributed by atoms with van der Waals surface area (Å²) in [6, 6.07) is 0. The minimum Gasteiger partial charge on any atom is -0.462 e. The maximum absolute atomic E-state index is 12.9. The fraction of sp³-hybridized carbons (Fsp3) is 0.919.